The summed E-state index contributed by atoms with van der Waals surface area (Å²) >= 11 is 0. The number of aliphatic imine (C=N–C) groups is 1. The molecule has 2 aromatic rings. The van der Waals surface area contributed by atoms with Crippen LogP contribution in [0.15, 0.2) is 53.5 Å². The summed E-state index contributed by atoms with van der Waals surface area (Å²) in [5.41, 5.74) is 2.74. The molecule has 2 aliphatic heterocycles. The number of rotatable bonds is 6. The lowest BCUT2D eigenvalue weighted by atomic mass is 9.74. The lowest BCUT2D eigenvalue weighted by Crippen LogP contribution is -2.48. The van der Waals surface area contributed by atoms with Crippen molar-refractivity contribution in [2.24, 2.45) is 4.99 Å². The molecule has 180 valence electrons. The Kier molecular flexibility index (Phi) is 9.26. The molecule has 0 amide bonds. The molecule has 1 atom stereocenters. The molecule has 0 radical (unpaired) electrons. The molecule has 0 spiro atoms. The maximum atomic E-state index is 5.70. The highest BCUT2D eigenvalue weighted by atomic mass is 127. The second-order valence-electron chi connectivity index (χ2n) is 8.73. The van der Waals surface area contributed by atoms with E-state index in [0.29, 0.717) is 5.92 Å². The van der Waals surface area contributed by atoms with Crippen LogP contribution in [0.5, 0.6) is 11.5 Å². The number of likely N-dealkylation sites (tertiary alicyclic amines) is 1. The third-order valence-electron chi connectivity index (χ3n) is 7.02. The van der Waals surface area contributed by atoms with E-state index in [1.807, 2.05) is 7.05 Å². The Bertz CT molecular complexity index is 896. The Hall–Kier alpha value is -2.00. The molecule has 1 N–H and O–H groups in total. The van der Waals surface area contributed by atoms with E-state index >= 15 is 0 Å². The van der Waals surface area contributed by atoms with Gasteiger partial charge in [0.25, 0.3) is 0 Å². The van der Waals surface area contributed by atoms with E-state index in [0.717, 1.165) is 69.6 Å². The number of hydrogen-bond acceptors (Lipinski definition) is 4. The van der Waals surface area contributed by atoms with Crippen molar-refractivity contribution >= 4 is 29.9 Å². The fraction of sp³-hybridized carbons (Fsp3) is 0.500. The molecule has 0 aromatic heterocycles. The molecule has 2 aliphatic rings. The van der Waals surface area contributed by atoms with E-state index in [4.69, 9.17) is 14.2 Å². The van der Waals surface area contributed by atoms with Gasteiger partial charge in [-0.1, -0.05) is 24.3 Å². The number of hydrogen-bond donors (Lipinski definition) is 1. The van der Waals surface area contributed by atoms with Crippen molar-refractivity contribution in [2.45, 2.75) is 30.6 Å². The molecule has 2 heterocycles. The monoisotopic (exact) mass is 565 g/mol. The third-order valence-corrected chi connectivity index (χ3v) is 7.02. The van der Waals surface area contributed by atoms with Gasteiger partial charge in [0.2, 0.25) is 0 Å². The summed E-state index contributed by atoms with van der Waals surface area (Å²) in [6, 6.07) is 17.0. The Morgan fingerprint density at radius 3 is 2.21 bits per heavy atom. The summed E-state index contributed by atoms with van der Waals surface area (Å²) in [5.74, 6) is 3.29. The minimum atomic E-state index is 0. The smallest absolute Gasteiger partial charge is 0.193 e. The van der Waals surface area contributed by atoms with E-state index in [1.54, 1.807) is 14.2 Å². The van der Waals surface area contributed by atoms with Gasteiger partial charge in [-0.3, -0.25) is 4.99 Å². The lowest BCUT2D eigenvalue weighted by Gasteiger charge is -2.39. The summed E-state index contributed by atoms with van der Waals surface area (Å²) < 4.78 is 16.4. The Balaban J connectivity index is 0.00000306. The van der Waals surface area contributed by atoms with E-state index in [9.17, 15) is 0 Å². The van der Waals surface area contributed by atoms with Gasteiger partial charge in [-0.2, -0.15) is 0 Å². The quantitative estimate of drug-likeness (QED) is 0.319. The van der Waals surface area contributed by atoms with Gasteiger partial charge >= 0.3 is 0 Å². The van der Waals surface area contributed by atoms with Crippen LogP contribution in [-0.4, -0.2) is 65.0 Å². The standard InChI is InChI=1S/C26H35N3O3.HI/c1-27-25(29-15-12-21(18-29)20-4-8-23(30-2)9-5-20)28-19-26(13-16-32-17-14-26)22-6-10-24(31-3)11-7-22;/h4-11,21H,12-19H2,1-3H3,(H,27,28);1H. The zero-order chi connectivity index (χ0) is 22.4. The van der Waals surface area contributed by atoms with Gasteiger partial charge in [-0.05, 0) is 54.7 Å². The Labute approximate surface area is 214 Å². The maximum absolute atomic E-state index is 5.70. The minimum Gasteiger partial charge on any atom is -0.497 e. The second-order valence-corrected chi connectivity index (χ2v) is 8.73. The highest BCUT2D eigenvalue weighted by molar-refractivity contribution is 14.0. The second kappa shape index (κ2) is 11.9. The van der Waals surface area contributed by atoms with Crippen LogP contribution in [0.25, 0.3) is 0 Å². The largest absolute Gasteiger partial charge is 0.497 e. The molecule has 0 bridgehead atoms. The number of guanidine groups is 1. The maximum Gasteiger partial charge on any atom is 0.193 e. The molecule has 6 nitrogen and oxygen atoms in total. The predicted molar refractivity (Wildman–Crippen MR) is 143 cm³/mol. The minimum absolute atomic E-state index is 0. The summed E-state index contributed by atoms with van der Waals surface area (Å²) in [7, 11) is 5.30. The van der Waals surface area contributed by atoms with E-state index in [-0.39, 0.29) is 29.4 Å². The number of halogens is 1. The number of nitrogens with one attached hydrogen (secondary N) is 1. The fourth-order valence-electron chi connectivity index (χ4n) is 4.96. The first-order chi connectivity index (χ1) is 15.7. The first kappa shape index (κ1) is 25.6. The fourth-order valence-corrected chi connectivity index (χ4v) is 4.96. The molecule has 2 fully saturated rings. The number of ether oxygens (including phenoxy) is 3. The molecule has 33 heavy (non-hydrogen) atoms. The predicted octanol–water partition coefficient (Wildman–Crippen LogP) is 4.43. The van der Waals surface area contributed by atoms with Crippen LogP contribution < -0.4 is 14.8 Å². The summed E-state index contributed by atoms with van der Waals surface area (Å²) in [4.78, 5) is 7.01. The molecule has 7 heteroatoms. The number of benzene rings is 2. The molecule has 0 saturated carbocycles. The van der Waals surface area contributed by atoms with E-state index in [2.05, 4.69) is 63.7 Å². The lowest BCUT2D eigenvalue weighted by molar-refractivity contribution is 0.0512. The summed E-state index contributed by atoms with van der Waals surface area (Å²) in [6.45, 7) is 4.41. The van der Waals surface area contributed by atoms with Gasteiger partial charge in [0.15, 0.2) is 5.96 Å². The van der Waals surface area contributed by atoms with Crippen molar-refractivity contribution in [2.75, 3.05) is 54.1 Å². The zero-order valence-corrected chi connectivity index (χ0v) is 22.2. The van der Waals surface area contributed by atoms with E-state index in [1.165, 1.54) is 11.1 Å². The van der Waals surface area contributed by atoms with Crippen LogP contribution in [0.2, 0.25) is 0 Å². The van der Waals surface area contributed by atoms with Crippen LogP contribution >= 0.6 is 24.0 Å². The van der Waals surface area contributed by atoms with Crippen LogP contribution in [0.4, 0.5) is 0 Å². The van der Waals surface area contributed by atoms with Crippen LogP contribution in [0.1, 0.15) is 36.3 Å². The van der Waals surface area contributed by atoms with Crippen LogP contribution in [0.3, 0.4) is 0 Å². The van der Waals surface area contributed by atoms with Gasteiger partial charge < -0.3 is 24.4 Å². The average Bonchev–Trinajstić information content (AvgIpc) is 3.35. The Morgan fingerprint density at radius 2 is 1.64 bits per heavy atom. The van der Waals surface area contributed by atoms with Crippen molar-refractivity contribution < 1.29 is 14.2 Å². The van der Waals surface area contributed by atoms with E-state index < -0.39 is 0 Å². The van der Waals surface area contributed by atoms with Crippen molar-refractivity contribution in [1.29, 1.82) is 0 Å². The Morgan fingerprint density at radius 1 is 1.03 bits per heavy atom. The van der Waals surface area contributed by atoms with Crippen molar-refractivity contribution in [1.82, 2.24) is 10.2 Å². The van der Waals surface area contributed by atoms with Crippen molar-refractivity contribution in [3.05, 3.63) is 59.7 Å². The third kappa shape index (κ3) is 5.93. The average molecular weight is 565 g/mol. The van der Waals surface area contributed by atoms with Gasteiger partial charge in [0.05, 0.1) is 14.2 Å². The summed E-state index contributed by atoms with van der Waals surface area (Å²) in [5, 5.41) is 3.71. The van der Waals surface area contributed by atoms with Crippen molar-refractivity contribution in [3.8, 4) is 11.5 Å². The SMILES string of the molecule is CN=C(NCC1(c2ccc(OC)cc2)CCOCC1)N1CCC(c2ccc(OC)cc2)C1.I. The molecule has 1 unspecified atom stereocenters. The normalized spacial score (nSPS) is 20.2. The summed E-state index contributed by atoms with van der Waals surface area (Å²) in [6.07, 6.45) is 3.13. The molecule has 0 aliphatic carbocycles. The van der Waals surface area contributed by atoms with Gasteiger partial charge in [0.1, 0.15) is 11.5 Å². The van der Waals surface area contributed by atoms with Crippen LogP contribution in [-0.2, 0) is 10.2 Å². The topological polar surface area (TPSA) is 55.3 Å². The molecule has 4 rings (SSSR count). The zero-order valence-electron chi connectivity index (χ0n) is 19.9. The molecular formula is C26H36IN3O3. The van der Waals surface area contributed by atoms with Gasteiger partial charge in [-0.15, -0.1) is 24.0 Å². The first-order valence-electron chi connectivity index (χ1n) is 11.5. The highest BCUT2D eigenvalue weighted by Crippen LogP contribution is 2.35. The molecule has 2 saturated heterocycles. The van der Waals surface area contributed by atoms with Gasteiger partial charge in [-0.25, -0.2) is 0 Å². The number of methoxy groups -OCH3 is 2. The van der Waals surface area contributed by atoms with Gasteiger partial charge in [0, 0.05) is 51.2 Å². The first-order valence-corrected chi connectivity index (χ1v) is 11.5. The highest BCUT2D eigenvalue weighted by Gasteiger charge is 2.35. The number of nitrogens with zero attached hydrogens (tertiary/aromatic N) is 2. The van der Waals surface area contributed by atoms with Crippen molar-refractivity contribution in [3.63, 3.8) is 0 Å². The molecular weight excluding hydrogens is 529 g/mol. The molecule has 2 aromatic carbocycles. The van der Waals surface area contributed by atoms with Crippen LogP contribution in [0, 0.1) is 0 Å².